The highest BCUT2D eigenvalue weighted by Crippen LogP contribution is 2.16. The summed E-state index contributed by atoms with van der Waals surface area (Å²) in [7, 11) is 0. The summed E-state index contributed by atoms with van der Waals surface area (Å²) in [4.78, 5) is 4.30. The van der Waals surface area contributed by atoms with Crippen molar-refractivity contribution in [1.29, 1.82) is 0 Å². The van der Waals surface area contributed by atoms with Crippen LogP contribution in [0.2, 0.25) is 0 Å². The zero-order chi connectivity index (χ0) is 8.27. The Labute approximate surface area is 71.0 Å². The molecule has 1 N–H and O–H groups in total. The molecule has 4 heteroatoms. The maximum Gasteiger partial charge on any atom is 0.202 e. The van der Waals surface area contributed by atoms with Gasteiger partial charge in [-0.3, -0.25) is 0 Å². The normalized spacial score (nSPS) is 10.5. The van der Waals surface area contributed by atoms with Gasteiger partial charge in [0.1, 0.15) is 5.82 Å². The fraction of sp³-hybridized carbons (Fsp3) is 0.714. The fourth-order valence-corrected chi connectivity index (χ4v) is 1.47. The summed E-state index contributed by atoms with van der Waals surface area (Å²) < 4.78 is 4.20. The summed E-state index contributed by atoms with van der Waals surface area (Å²) in [5.74, 6) is 1.37. The minimum Gasteiger partial charge on any atom is -0.361 e. The standard InChI is InChI=1S/C7H13N3S/c1-4-8-7-9-6(5(2)3)10-11-7/h5H,4H2,1-3H3,(H,8,9,10). The van der Waals surface area contributed by atoms with Crippen LogP contribution in [0.1, 0.15) is 32.5 Å². The quantitative estimate of drug-likeness (QED) is 0.756. The van der Waals surface area contributed by atoms with Gasteiger partial charge < -0.3 is 5.32 Å². The molecule has 3 nitrogen and oxygen atoms in total. The van der Waals surface area contributed by atoms with Crippen molar-refractivity contribution in [3.8, 4) is 0 Å². The van der Waals surface area contributed by atoms with Crippen LogP contribution in [0.4, 0.5) is 5.13 Å². The third-order valence-corrected chi connectivity index (χ3v) is 1.97. The Morgan fingerprint density at radius 3 is 2.73 bits per heavy atom. The summed E-state index contributed by atoms with van der Waals surface area (Å²) in [5.41, 5.74) is 0. The largest absolute Gasteiger partial charge is 0.361 e. The third-order valence-electron chi connectivity index (χ3n) is 1.29. The lowest BCUT2D eigenvalue weighted by Gasteiger charge is -1.95. The van der Waals surface area contributed by atoms with Crippen LogP contribution in [0.25, 0.3) is 0 Å². The lowest BCUT2D eigenvalue weighted by atomic mass is 10.2. The van der Waals surface area contributed by atoms with Crippen LogP contribution >= 0.6 is 11.5 Å². The highest BCUT2D eigenvalue weighted by atomic mass is 32.1. The minimum absolute atomic E-state index is 0.429. The molecule has 0 radical (unpaired) electrons. The highest BCUT2D eigenvalue weighted by Gasteiger charge is 2.05. The van der Waals surface area contributed by atoms with E-state index < -0.39 is 0 Å². The van der Waals surface area contributed by atoms with Gasteiger partial charge in [0.2, 0.25) is 5.13 Å². The second-order valence-electron chi connectivity index (χ2n) is 2.64. The van der Waals surface area contributed by atoms with Crippen LogP contribution in [0.3, 0.4) is 0 Å². The van der Waals surface area contributed by atoms with Crippen LogP contribution in [-0.4, -0.2) is 15.9 Å². The van der Waals surface area contributed by atoms with E-state index >= 15 is 0 Å². The molecule has 0 unspecified atom stereocenters. The third kappa shape index (κ3) is 2.15. The van der Waals surface area contributed by atoms with Gasteiger partial charge in [-0.1, -0.05) is 13.8 Å². The lowest BCUT2D eigenvalue weighted by molar-refractivity contribution is 0.799. The van der Waals surface area contributed by atoms with Crippen LogP contribution in [-0.2, 0) is 0 Å². The molecule has 11 heavy (non-hydrogen) atoms. The Hall–Kier alpha value is -0.640. The predicted molar refractivity (Wildman–Crippen MR) is 48.2 cm³/mol. The van der Waals surface area contributed by atoms with Gasteiger partial charge in [-0.05, 0) is 6.92 Å². The second-order valence-corrected chi connectivity index (χ2v) is 3.39. The molecule has 0 aromatic carbocycles. The SMILES string of the molecule is CCNc1nc(C(C)C)ns1. The summed E-state index contributed by atoms with van der Waals surface area (Å²) in [6.45, 7) is 7.15. The highest BCUT2D eigenvalue weighted by molar-refractivity contribution is 7.09. The number of rotatable bonds is 3. The van der Waals surface area contributed by atoms with Crippen LogP contribution in [0.5, 0.6) is 0 Å². The summed E-state index contributed by atoms with van der Waals surface area (Å²) in [6.07, 6.45) is 0. The zero-order valence-corrected chi connectivity index (χ0v) is 7.90. The van der Waals surface area contributed by atoms with E-state index in [9.17, 15) is 0 Å². The van der Waals surface area contributed by atoms with E-state index in [0.717, 1.165) is 17.5 Å². The van der Waals surface area contributed by atoms with E-state index in [0.29, 0.717) is 5.92 Å². The van der Waals surface area contributed by atoms with E-state index in [4.69, 9.17) is 0 Å². The first-order valence-electron chi connectivity index (χ1n) is 3.81. The smallest absolute Gasteiger partial charge is 0.202 e. The van der Waals surface area contributed by atoms with Crippen molar-refractivity contribution >= 4 is 16.7 Å². The topological polar surface area (TPSA) is 37.8 Å². The molecule has 1 heterocycles. The maximum absolute atomic E-state index is 4.30. The van der Waals surface area contributed by atoms with Gasteiger partial charge in [-0.15, -0.1) is 0 Å². The number of aromatic nitrogens is 2. The van der Waals surface area contributed by atoms with Gasteiger partial charge in [-0.2, -0.15) is 4.37 Å². The van der Waals surface area contributed by atoms with Crippen molar-refractivity contribution < 1.29 is 0 Å². The van der Waals surface area contributed by atoms with Crippen LogP contribution < -0.4 is 5.32 Å². The monoisotopic (exact) mass is 171 g/mol. The number of nitrogens with one attached hydrogen (secondary N) is 1. The molecule has 0 saturated carbocycles. The molecule has 0 aliphatic heterocycles. The molecular formula is C7H13N3S. The molecule has 0 saturated heterocycles. The molecule has 1 rings (SSSR count). The number of nitrogens with zero attached hydrogens (tertiary/aromatic N) is 2. The van der Waals surface area contributed by atoms with Gasteiger partial charge in [0.15, 0.2) is 0 Å². The summed E-state index contributed by atoms with van der Waals surface area (Å²) >= 11 is 1.43. The average molecular weight is 171 g/mol. The van der Waals surface area contributed by atoms with E-state index in [1.54, 1.807) is 0 Å². The number of hydrogen-bond acceptors (Lipinski definition) is 4. The molecule has 62 valence electrons. The molecule has 1 aromatic heterocycles. The van der Waals surface area contributed by atoms with E-state index in [1.807, 2.05) is 0 Å². The van der Waals surface area contributed by atoms with Crippen molar-refractivity contribution in [2.75, 3.05) is 11.9 Å². The van der Waals surface area contributed by atoms with Crippen molar-refractivity contribution in [2.24, 2.45) is 0 Å². The number of anilines is 1. The van der Waals surface area contributed by atoms with E-state index in [-0.39, 0.29) is 0 Å². The molecular weight excluding hydrogens is 158 g/mol. The van der Waals surface area contributed by atoms with Crippen LogP contribution in [0, 0.1) is 0 Å². The molecule has 0 atom stereocenters. The average Bonchev–Trinajstić information content (AvgIpc) is 2.37. The summed E-state index contributed by atoms with van der Waals surface area (Å²) in [6, 6.07) is 0. The van der Waals surface area contributed by atoms with Crippen molar-refractivity contribution in [3.63, 3.8) is 0 Å². The molecule has 0 amide bonds. The van der Waals surface area contributed by atoms with Gasteiger partial charge >= 0.3 is 0 Å². The Morgan fingerprint density at radius 1 is 1.55 bits per heavy atom. The van der Waals surface area contributed by atoms with Crippen molar-refractivity contribution in [3.05, 3.63) is 5.82 Å². The zero-order valence-electron chi connectivity index (χ0n) is 7.09. The maximum atomic E-state index is 4.30. The van der Waals surface area contributed by atoms with Gasteiger partial charge in [0, 0.05) is 24.0 Å². The van der Waals surface area contributed by atoms with Crippen molar-refractivity contribution in [2.45, 2.75) is 26.7 Å². The Kier molecular flexibility index (Phi) is 2.82. The van der Waals surface area contributed by atoms with Gasteiger partial charge in [0.05, 0.1) is 0 Å². The van der Waals surface area contributed by atoms with Crippen molar-refractivity contribution in [1.82, 2.24) is 9.36 Å². The molecule has 0 bridgehead atoms. The first-order valence-corrected chi connectivity index (χ1v) is 4.58. The van der Waals surface area contributed by atoms with Crippen LogP contribution in [0.15, 0.2) is 0 Å². The van der Waals surface area contributed by atoms with E-state index in [2.05, 4.69) is 35.4 Å². The predicted octanol–water partition coefficient (Wildman–Crippen LogP) is 2.09. The molecule has 0 aliphatic rings. The Bertz CT molecular complexity index is 219. The number of hydrogen-bond donors (Lipinski definition) is 1. The second kappa shape index (κ2) is 3.67. The first-order chi connectivity index (χ1) is 5.24. The Balaban J connectivity index is 2.66. The minimum atomic E-state index is 0.429. The summed E-state index contributed by atoms with van der Waals surface area (Å²) in [5, 5.41) is 4.05. The van der Waals surface area contributed by atoms with E-state index in [1.165, 1.54) is 11.5 Å². The lowest BCUT2D eigenvalue weighted by Crippen LogP contribution is -1.96. The van der Waals surface area contributed by atoms with Gasteiger partial charge in [-0.25, -0.2) is 4.98 Å². The molecule has 1 aromatic rings. The molecule has 0 fully saturated rings. The first kappa shape index (κ1) is 8.46. The van der Waals surface area contributed by atoms with Gasteiger partial charge in [0.25, 0.3) is 0 Å². The molecule has 0 spiro atoms. The molecule has 0 aliphatic carbocycles. The Morgan fingerprint density at radius 2 is 2.27 bits per heavy atom. The fourth-order valence-electron chi connectivity index (χ4n) is 0.692.